The molecular weight excluding hydrogens is 472 g/mol. The molecule has 0 saturated carbocycles. The van der Waals surface area contributed by atoms with Crippen molar-refractivity contribution in [3.8, 4) is 56.2 Å². The van der Waals surface area contributed by atoms with Gasteiger partial charge in [-0.25, -0.2) is 9.97 Å². The smallest absolute Gasteiger partial charge is 0.160 e. The quantitative estimate of drug-likeness (QED) is 0.238. The second-order valence-electron chi connectivity index (χ2n) is 8.84. The van der Waals surface area contributed by atoms with Crippen molar-refractivity contribution in [2.45, 2.75) is 0 Å². The molecule has 0 aliphatic rings. The summed E-state index contributed by atoms with van der Waals surface area (Å²) in [7, 11) is 0. The van der Waals surface area contributed by atoms with E-state index in [0.29, 0.717) is 10.8 Å². The molecule has 0 radical (unpaired) electrons. The van der Waals surface area contributed by atoms with Crippen molar-refractivity contribution >= 4 is 11.6 Å². The molecule has 176 valence electrons. The summed E-state index contributed by atoms with van der Waals surface area (Å²) >= 11 is 6.86. The standard InChI is InChI=1S/C34H23ClN2/c35-31-22-28(25-13-6-2-7-14-25)19-20-30(31)33-23-32(36-34(37-33)26-15-8-3-9-16-26)29-18-10-17-27(21-29)24-11-4-1-5-12-24/h1-23H. The van der Waals surface area contributed by atoms with Crippen LogP contribution in [0, 0.1) is 0 Å². The highest BCUT2D eigenvalue weighted by Gasteiger charge is 2.14. The lowest BCUT2D eigenvalue weighted by Gasteiger charge is -2.12. The largest absolute Gasteiger partial charge is 0.228 e. The van der Waals surface area contributed by atoms with Gasteiger partial charge < -0.3 is 0 Å². The van der Waals surface area contributed by atoms with E-state index in [1.807, 2.05) is 72.8 Å². The average Bonchev–Trinajstić information content (AvgIpc) is 2.98. The van der Waals surface area contributed by atoms with Gasteiger partial charge in [-0.15, -0.1) is 0 Å². The Kier molecular flexibility index (Phi) is 6.33. The first-order chi connectivity index (χ1) is 18.2. The summed E-state index contributed by atoms with van der Waals surface area (Å²) in [5.41, 5.74) is 9.02. The van der Waals surface area contributed by atoms with Crippen LogP contribution in [0.4, 0.5) is 0 Å². The number of nitrogens with zero attached hydrogens (tertiary/aromatic N) is 2. The van der Waals surface area contributed by atoms with Crippen LogP contribution in [0.15, 0.2) is 140 Å². The molecule has 1 aromatic heterocycles. The Balaban J connectivity index is 1.48. The molecule has 0 atom stereocenters. The number of hydrogen-bond acceptors (Lipinski definition) is 2. The van der Waals surface area contributed by atoms with Crippen molar-refractivity contribution in [2.75, 3.05) is 0 Å². The van der Waals surface area contributed by atoms with Crippen LogP contribution in [-0.2, 0) is 0 Å². The Morgan fingerprint density at radius 2 is 0.892 bits per heavy atom. The average molecular weight is 495 g/mol. The Morgan fingerprint density at radius 3 is 1.51 bits per heavy atom. The molecule has 0 bridgehead atoms. The maximum Gasteiger partial charge on any atom is 0.160 e. The molecular formula is C34H23ClN2. The summed E-state index contributed by atoms with van der Waals surface area (Å²) < 4.78 is 0. The maximum absolute atomic E-state index is 6.86. The summed E-state index contributed by atoms with van der Waals surface area (Å²) in [6.45, 7) is 0. The van der Waals surface area contributed by atoms with Gasteiger partial charge in [0.1, 0.15) is 0 Å². The number of aromatic nitrogens is 2. The van der Waals surface area contributed by atoms with Gasteiger partial charge >= 0.3 is 0 Å². The van der Waals surface area contributed by atoms with Crippen molar-refractivity contribution in [3.05, 3.63) is 145 Å². The first-order valence-corrected chi connectivity index (χ1v) is 12.6. The fourth-order valence-corrected chi connectivity index (χ4v) is 4.75. The van der Waals surface area contributed by atoms with E-state index < -0.39 is 0 Å². The Hall–Kier alpha value is -4.53. The van der Waals surface area contributed by atoms with E-state index >= 15 is 0 Å². The maximum atomic E-state index is 6.86. The van der Waals surface area contributed by atoms with Gasteiger partial charge in [0, 0.05) is 16.7 Å². The third-order valence-corrected chi connectivity index (χ3v) is 6.69. The minimum atomic E-state index is 0.656. The van der Waals surface area contributed by atoms with Gasteiger partial charge in [-0.3, -0.25) is 0 Å². The van der Waals surface area contributed by atoms with Crippen molar-refractivity contribution in [3.63, 3.8) is 0 Å². The summed E-state index contributed by atoms with van der Waals surface area (Å²) in [5, 5.41) is 0.656. The molecule has 0 aliphatic heterocycles. The van der Waals surface area contributed by atoms with E-state index in [-0.39, 0.29) is 0 Å². The summed E-state index contributed by atoms with van der Waals surface area (Å²) in [6.07, 6.45) is 0. The van der Waals surface area contributed by atoms with Crippen LogP contribution in [-0.4, -0.2) is 9.97 Å². The molecule has 0 unspecified atom stereocenters. The number of benzene rings is 5. The van der Waals surface area contributed by atoms with Crippen LogP contribution in [0.25, 0.3) is 56.2 Å². The molecule has 37 heavy (non-hydrogen) atoms. The molecule has 6 rings (SSSR count). The molecule has 0 aliphatic carbocycles. The van der Waals surface area contributed by atoms with Gasteiger partial charge in [0.2, 0.25) is 0 Å². The molecule has 6 aromatic rings. The minimum absolute atomic E-state index is 0.656. The molecule has 1 heterocycles. The first-order valence-electron chi connectivity index (χ1n) is 12.2. The molecule has 2 nitrogen and oxygen atoms in total. The van der Waals surface area contributed by atoms with Crippen LogP contribution in [0.3, 0.4) is 0 Å². The van der Waals surface area contributed by atoms with Crippen molar-refractivity contribution in [2.24, 2.45) is 0 Å². The lowest BCUT2D eigenvalue weighted by molar-refractivity contribution is 1.18. The third kappa shape index (κ3) is 4.93. The highest BCUT2D eigenvalue weighted by atomic mass is 35.5. The zero-order valence-corrected chi connectivity index (χ0v) is 20.8. The monoisotopic (exact) mass is 494 g/mol. The van der Waals surface area contributed by atoms with Gasteiger partial charge in [0.15, 0.2) is 5.82 Å². The second kappa shape index (κ2) is 10.2. The zero-order chi connectivity index (χ0) is 25.0. The lowest BCUT2D eigenvalue weighted by Crippen LogP contribution is -1.96. The van der Waals surface area contributed by atoms with E-state index in [1.165, 1.54) is 5.56 Å². The Labute approximate surface area is 221 Å². The fraction of sp³-hybridized carbons (Fsp3) is 0. The van der Waals surface area contributed by atoms with E-state index in [9.17, 15) is 0 Å². The first kappa shape index (κ1) is 22.9. The zero-order valence-electron chi connectivity index (χ0n) is 20.1. The topological polar surface area (TPSA) is 25.8 Å². The summed E-state index contributed by atoms with van der Waals surface area (Å²) in [5.74, 6) is 0.668. The normalized spacial score (nSPS) is 10.8. The van der Waals surface area contributed by atoms with Gasteiger partial charge in [-0.2, -0.15) is 0 Å². The predicted octanol–water partition coefficient (Wildman–Crippen LogP) is 9.46. The molecule has 5 aromatic carbocycles. The van der Waals surface area contributed by atoms with Gasteiger partial charge in [0.25, 0.3) is 0 Å². The number of halogens is 1. The molecule has 0 spiro atoms. The van der Waals surface area contributed by atoms with E-state index in [1.54, 1.807) is 0 Å². The lowest BCUT2D eigenvalue weighted by atomic mass is 9.99. The minimum Gasteiger partial charge on any atom is -0.228 e. The van der Waals surface area contributed by atoms with Crippen molar-refractivity contribution in [1.29, 1.82) is 0 Å². The molecule has 0 saturated heterocycles. The van der Waals surface area contributed by atoms with Crippen LogP contribution in [0.5, 0.6) is 0 Å². The predicted molar refractivity (Wildman–Crippen MR) is 154 cm³/mol. The van der Waals surface area contributed by atoms with Crippen molar-refractivity contribution in [1.82, 2.24) is 9.97 Å². The second-order valence-corrected chi connectivity index (χ2v) is 9.24. The highest BCUT2D eigenvalue weighted by Crippen LogP contribution is 2.35. The number of hydrogen-bond donors (Lipinski definition) is 0. The van der Waals surface area contributed by atoms with Crippen molar-refractivity contribution < 1.29 is 0 Å². The van der Waals surface area contributed by atoms with Gasteiger partial charge in [-0.05, 0) is 40.5 Å². The number of rotatable bonds is 5. The molecule has 0 fully saturated rings. The van der Waals surface area contributed by atoms with E-state index in [0.717, 1.165) is 44.8 Å². The van der Waals surface area contributed by atoms with Crippen LogP contribution in [0.1, 0.15) is 0 Å². The summed E-state index contributed by atoms with van der Waals surface area (Å²) in [6, 6.07) is 47.3. The Bertz CT molecular complexity index is 1660. The third-order valence-electron chi connectivity index (χ3n) is 6.38. The molecule has 3 heteroatoms. The van der Waals surface area contributed by atoms with Gasteiger partial charge in [0.05, 0.1) is 16.4 Å². The Morgan fingerprint density at radius 1 is 0.378 bits per heavy atom. The van der Waals surface area contributed by atoms with E-state index in [4.69, 9.17) is 21.6 Å². The van der Waals surface area contributed by atoms with Crippen LogP contribution >= 0.6 is 11.6 Å². The van der Waals surface area contributed by atoms with E-state index in [2.05, 4.69) is 66.7 Å². The summed E-state index contributed by atoms with van der Waals surface area (Å²) in [4.78, 5) is 9.92. The van der Waals surface area contributed by atoms with Crippen LogP contribution < -0.4 is 0 Å². The molecule has 0 amide bonds. The van der Waals surface area contributed by atoms with Gasteiger partial charge in [-0.1, -0.05) is 133 Å². The molecule has 0 N–H and O–H groups in total. The SMILES string of the molecule is Clc1cc(-c2ccccc2)ccc1-c1cc(-c2cccc(-c3ccccc3)c2)nc(-c2ccccc2)n1. The van der Waals surface area contributed by atoms with Crippen LogP contribution in [0.2, 0.25) is 5.02 Å². The highest BCUT2D eigenvalue weighted by molar-refractivity contribution is 6.33. The fourth-order valence-electron chi connectivity index (χ4n) is 4.47.